The van der Waals surface area contributed by atoms with Gasteiger partial charge < -0.3 is 9.30 Å². The summed E-state index contributed by atoms with van der Waals surface area (Å²) in [6.45, 7) is -0.0868. The van der Waals surface area contributed by atoms with Crippen LogP contribution in [0.4, 0.5) is 0 Å². The summed E-state index contributed by atoms with van der Waals surface area (Å²) in [6, 6.07) is 20.3. The van der Waals surface area contributed by atoms with Crippen molar-refractivity contribution in [2.75, 3.05) is 7.11 Å². The zero-order valence-corrected chi connectivity index (χ0v) is 18.0. The van der Waals surface area contributed by atoms with Gasteiger partial charge in [-0.2, -0.15) is 5.10 Å². The van der Waals surface area contributed by atoms with Crippen molar-refractivity contribution in [3.63, 3.8) is 0 Å². The van der Waals surface area contributed by atoms with Crippen LogP contribution in [0.5, 0.6) is 5.75 Å². The van der Waals surface area contributed by atoms with Gasteiger partial charge in [-0.05, 0) is 45.3 Å². The lowest BCUT2D eigenvalue weighted by atomic mass is 9.98. The topological polar surface area (TPSA) is 63.9 Å². The molecule has 2 aromatic carbocycles. The lowest BCUT2D eigenvalue weighted by Crippen LogP contribution is -2.33. The molecule has 0 unspecified atom stereocenters. The van der Waals surface area contributed by atoms with Gasteiger partial charge in [-0.1, -0.05) is 42.5 Å². The summed E-state index contributed by atoms with van der Waals surface area (Å²) in [6.07, 6.45) is 2.20. The highest BCUT2D eigenvalue weighted by Gasteiger charge is 2.33. The Kier molecular flexibility index (Phi) is 5.81. The van der Waals surface area contributed by atoms with E-state index in [9.17, 15) is 9.59 Å². The molecule has 30 heavy (non-hydrogen) atoms. The van der Waals surface area contributed by atoms with Crippen LogP contribution >= 0.6 is 15.9 Å². The van der Waals surface area contributed by atoms with Gasteiger partial charge in [0.25, 0.3) is 11.5 Å². The monoisotopic (exact) mass is 465 g/mol. The predicted molar refractivity (Wildman–Crippen MR) is 119 cm³/mol. The molecule has 0 N–H and O–H groups in total. The fourth-order valence-electron chi connectivity index (χ4n) is 3.47. The first-order valence-corrected chi connectivity index (χ1v) is 10.3. The third kappa shape index (κ3) is 4.21. The van der Waals surface area contributed by atoms with E-state index in [0.717, 1.165) is 27.1 Å². The standard InChI is InChI=1S/C23H20BrN3O3/c1-30-19-10-7-17(8-11-19)21-13-20(16-5-3-2-4-6-16)25-27(21)23(29)15-26-14-18(24)9-12-22(26)28/h2-12,14,21H,13,15H2,1H3/t21-/m0/s1. The van der Waals surface area contributed by atoms with E-state index in [1.165, 1.54) is 15.6 Å². The van der Waals surface area contributed by atoms with E-state index in [4.69, 9.17) is 4.74 Å². The number of amides is 1. The molecule has 1 atom stereocenters. The maximum absolute atomic E-state index is 13.2. The van der Waals surface area contributed by atoms with Crippen LogP contribution < -0.4 is 10.3 Å². The van der Waals surface area contributed by atoms with Crippen LogP contribution in [0.1, 0.15) is 23.6 Å². The lowest BCUT2D eigenvalue weighted by Gasteiger charge is -2.22. The second kappa shape index (κ2) is 8.67. The van der Waals surface area contributed by atoms with Crippen molar-refractivity contribution in [3.8, 4) is 5.75 Å². The molecule has 0 bridgehead atoms. The van der Waals surface area contributed by atoms with Crippen LogP contribution in [0.3, 0.4) is 0 Å². The zero-order chi connectivity index (χ0) is 21.1. The van der Waals surface area contributed by atoms with Crippen molar-refractivity contribution in [3.05, 3.63) is 98.9 Å². The number of carbonyl (C=O) groups excluding carboxylic acids is 1. The first-order chi connectivity index (χ1) is 14.5. The molecular formula is C23H20BrN3O3. The maximum Gasteiger partial charge on any atom is 0.263 e. The summed E-state index contributed by atoms with van der Waals surface area (Å²) < 4.78 is 7.36. The van der Waals surface area contributed by atoms with Crippen molar-refractivity contribution in [1.29, 1.82) is 0 Å². The van der Waals surface area contributed by atoms with Gasteiger partial charge in [-0.25, -0.2) is 5.01 Å². The van der Waals surface area contributed by atoms with E-state index in [1.807, 2.05) is 54.6 Å². The number of benzene rings is 2. The number of aromatic nitrogens is 1. The smallest absolute Gasteiger partial charge is 0.263 e. The molecule has 6 nitrogen and oxygen atoms in total. The van der Waals surface area contributed by atoms with E-state index >= 15 is 0 Å². The van der Waals surface area contributed by atoms with E-state index in [-0.39, 0.29) is 24.1 Å². The van der Waals surface area contributed by atoms with E-state index in [1.54, 1.807) is 19.4 Å². The molecule has 7 heteroatoms. The Morgan fingerprint density at radius 3 is 2.53 bits per heavy atom. The molecule has 1 amide bonds. The first kappa shape index (κ1) is 20.1. The number of nitrogens with zero attached hydrogens (tertiary/aromatic N) is 3. The van der Waals surface area contributed by atoms with Gasteiger partial charge in [0.1, 0.15) is 12.3 Å². The van der Waals surface area contributed by atoms with Crippen LogP contribution in [0.25, 0.3) is 0 Å². The minimum atomic E-state index is -0.249. The number of halogens is 1. The molecule has 1 aliphatic rings. The van der Waals surface area contributed by atoms with E-state index in [0.29, 0.717) is 6.42 Å². The number of rotatable bonds is 5. The van der Waals surface area contributed by atoms with Crippen LogP contribution in [0.15, 0.2) is 87.3 Å². The van der Waals surface area contributed by atoms with Gasteiger partial charge in [-0.3, -0.25) is 9.59 Å². The van der Waals surface area contributed by atoms with Crippen molar-refractivity contribution in [1.82, 2.24) is 9.58 Å². The highest BCUT2D eigenvalue weighted by molar-refractivity contribution is 9.10. The third-order valence-electron chi connectivity index (χ3n) is 5.03. The SMILES string of the molecule is COc1ccc([C@@H]2CC(c3ccccc3)=NN2C(=O)Cn2cc(Br)ccc2=O)cc1. The van der Waals surface area contributed by atoms with Gasteiger partial charge in [0.05, 0.1) is 18.9 Å². The highest BCUT2D eigenvalue weighted by atomic mass is 79.9. The molecule has 0 fully saturated rings. The van der Waals surface area contributed by atoms with Gasteiger partial charge in [-0.15, -0.1) is 0 Å². The molecule has 0 aliphatic carbocycles. The number of methoxy groups -OCH3 is 1. The van der Waals surface area contributed by atoms with E-state index < -0.39 is 0 Å². The van der Waals surface area contributed by atoms with Gasteiger partial charge >= 0.3 is 0 Å². The summed E-state index contributed by atoms with van der Waals surface area (Å²) in [5.74, 6) is 0.501. The molecule has 0 spiro atoms. The second-order valence-electron chi connectivity index (χ2n) is 6.96. The first-order valence-electron chi connectivity index (χ1n) is 9.50. The van der Waals surface area contributed by atoms with Crippen LogP contribution in [0.2, 0.25) is 0 Å². The van der Waals surface area contributed by atoms with Crippen molar-refractivity contribution in [2.24, 2.45) is 5.10 Å². The van der Waals surface area contributed by atoms with Gasteiger partial charge in [0, 0.05) is 23.2 Å². The normalized spacial score (nSPS) is 15.7. The average molecular weight is 466 g/mol. The molecule has 0 radical (unpaired) electrons. The second-order valence-corrected chi connectivity index (χ2v) is 7.87. The molecule has 1 aromatic heterocycles. The largest absolute Gasteiger partial charge is 0.497 e. The van der Waals surface area contributed by atoms with Crippen molar-refractivity contribution < 1.29 is 9.53 Å². The Balaban J connectivity index is 1.67. The summed E-state index contributed by atoms with van der Waals surface area (Å²) in [5, 5.41) is 6.15. The minimum absolute atomic E-state index is 0.0868. The lowest BCUT2D eigenvalue weighted by molar-refractivity contribution is -0.133. The number of hydrogen-bond acceptors (Lipinski definition) is 4. The number of hydrogen-bond donors (Lipinski definition) is 0. The fraction of sp³-hybridized carbons (Fsp3) is 0.174. The Hall–Kier alpha value is -3.19. The molecular weight excluding hydrogens is 446 g/mol. The molecule has 4 rings (SSSR count). The fourth-order valence-corrected chi connectivity index (χ4v) is 3.85. The summed E-state index contributed by atoms with van der Waals surface area (Å²) in [7, 11) is 1.62. The zero-order valence-electron chi connectivity index (χ0n) is 16.4. The Labute approximate surface area is 182 Å². The molecule has 0 saturated heterocycles. The molecule has 2 heterocycles. The van der Waals surface area contributed by atoms with E-state index in [2.05, 4.69) is 21.0 Å². The third-order valence-corrected chi connectivity index (χ3v) is 5.50. The molecule has 0 saturated carbocycles. The quantitative estimate of drug-likeness (QED) is 0.571. The number of ether oxygens (including phenoxy) is 1. The van der Waals surface area contributed by atoms with Crippen LogP contribution in [0, 0.1) is 0 Å². The number of pyridine rings is 1. The summed E-state index contributed by atoms with van der Waals surface area (Å²) >= 11 is 3.35. The number of hydrazone groups is 1. The molecule has 1 aliphatic heterocycles. The Bertz CT molecular complexity index is 1140. The van der Waals surface area contributed by atoms with Gasteiger partial charge in [0.2, 0.25) is 0 Å². The van der Waals surface area contributed by atoms with Crippen LogP contribution in [-0.4, -0.2) is 28.3 Å². The molecule has 3 aromatic rings. The minimum Gasteiger partial charge on any atom is -0.497 e. The predicted octanol–water partition coefficient (Wildman–Crippen LogP) is 4.00. The Morgan fingerprint density at radius 1 is 1.10 bits per heavy atom. The Morgan fingerprint density at radius 2 is 1.83 bits per heavy atom. The highest BCUT2D eigenvalue weighted by Crippen LogP contribution is 2.33. The summed E-state index contributed by atoms with van der Waals surface area (Å²) in [4.78, 5) is 25.3. The molecule has 152 valence electrons. The maximum atomic E-state index is 13.2. The van der Waals surface area contributed by atoms with Gasteiger partial charge in [0.15, 0.2) is 0 Å². The summed E-state index contributed by atoms with van der Waals surface area (Å²) in [5.41, 5.74) is 2.54. The van der Waals surface area contributed by atoms with Crippen molar-refractivity contribution >= 4 is 27.5 Å². The average Bonchev–Trinajstić information content (AvgIpc) is 3.23. The van der Waals surface area contributed by atoms with Crippen molar-refractivity contribution in [2.45, 2.75) is 19.0 Å². The van der Waals surface area contributed by atoms with Crippen LogP contribution in [-0.2, 0) is 11.3 Å². The number of carbonyl (C=O) groups is 1.